The third-order valence-electron chi connectivity index (χ3n) is 1.84. The van der Waals surface area contributed by atoms with Gasteiger partial charge in [-0.05, 0) is 12.8 Å². The molecule has 0 aromatic carbocycles. The summed E-state index contributed by atoms with van der Waals surface area (Å²) in [5.74, 6) is -0.482. The van der Waals surface area contributed by atoms with Gasteiger partial charge in [0.1, 0.15) is 0 Å². The second-order valence-corrected chi connectivity index (χ2v) is 4.55. The fourth-order valence-corrected chi connectivity index (χ4v) is 1.43. The molecular weight excluding hydrogens is 259 g/mol. The molecule has 2 amide bonds. The van der Waals surface area contributed by atoms with Crippen LogP contribution in [0.15, 0.2) is 12.7 Å². The van der Waals surface area contributed by atoms with Crippen LogP contribution in [0.1, 0.15) is 12.8 Å². The molecule has 0 unspecified atom stereocenters. The Morgan fingerprint density at radius 1 is 1.22 bits per heavy atom. The van der Waals surface area contributed by atoms with E-state index < -0.39 is 14.3 Å². The molecule has 8 heteroatoms. The van der Waals surface area contributed by atoms with Crippen molar-refractivity contribution in [1.29, 1.82) is 0 Å². The van der Waals surface area contributed by atoms with E-state index in [0.717, 1.165) is 6.08 Å². The molecule has 0 fully saturated rings. The van der Waals surface area contributed by atoms with Crippen molar-refractivity contribution in [3.8, 4) is 0 Å². The highest BCUT2D eigenvalue weighted by Crippen LogP contribution is 2.22. The quantitative estimate of drug-likeness (QED) is 0.207. The van der Waals surface area contributed by atoms with E-state index in [-0.39, 0.29) is 18.8 Å². The molecule has 0 bridgehead atoms. The number of nitrogens with one attached hydrogen (secondary N) is 2. The zero-order chi connectivity index (χ0) is 13.8. The highest BCUT2D eigenvalue weighted by Gasteiger charge is 2.01. The van der Waals surface area contributed by atoms with Crippen molar-refractivity contribution in [3.05, 3.63) is 12.7 Å². The smallest absolute Gasteiger partial charge is 0.330 e. The number of rotatable bonds is 9. The van der Waals surface area contributed by atoms with Crippen LogP contribution in [0.4, 0.5) is 4.79 Å². The molecule has 0 aromatic rings. The molecule has 0 aromatic heterocycles. The number of ether oxygens (including phenoxy) is 1. The van der Waals surface area contributed by atoms with Gasteiger partial charge in [-0.25, -0.2) is 9.59 Å². The molecule has 0 saturated heterocycles. The SMILES string of the molecule is C=CC(=O)OCCCNC(=O)NCCCP(O)O. The lowest BCUT2D eigenvalue weighted by Crippen LogP contribution is -2.37. The van der Waals surface area contributed by atoms with Gasteiger partial charge in [0, 0.05) is 25.3 Å². The van der Waals surface area contributed by atoms with Gasteiger partial charge in [0.05, 0.1) is 6.61 Å². The van der Waals surface area contributed by atoms with E-state index in [1.54, 1.807) is 0 Å². The first kappa shape index (κ1) is 16.8. The van der Waals surface area contributed by atoms with Crippen molar-refractivity contribution in [2.75, 3.05) is 25.9 Å². The van der Waals surface area contributed by atoms with Gasteiger partial charge in [0.25, 0.3) is 0 Å². The maximum absolute atomic E-state index is 11.2. The molecule has 4 N–H and O–H groups in total. The summed E-state index contributed by atoms with van der Waals surface area (Å²) in [7, 11) is -1.88. The highest BCUT2D eigenvalue weighted by atomic mass is 31.2. The van der Waals surface area contributed by atoms with Gasteiger partial charge in [0.2, 0.25) is 0 Å². The molecule has 0 atom stereocenters. The molecule has 0 spiro atoms. The van der Waals surface area contributed by atoms with Crippen LogP contribution in [0, 0.1) is 0 Å². The fraction of sp³-hybridized carbons (Fsp3) is 0.600. The van der Waals surface area contributed by atoms with Gasteiger partial charge in [-0.15, -0.1) is 0 Å². The van der Waals surface area contributed by atoms with Gasteiger partial charge in [-0.3, -0.25) is 0 Å². The predicted molar refractivity (Wildman–Crippen MR) is 68.0 cm³/mol. The van der Waals surface area contributed by atoms with Gasteiger partial charge in [0.15, 0.2) is 8.38 Å². The van der Waals surface area contributed by atoms with Crippen LogP contribution in [0.5, 0.6) is 0 Å². The Hall–Kier alpha value is -1.17. The Bertz CT molecular complexity index is 273. The lowest BCUT2D eigenvalue weighted by molar-refractivity contribution is -0.137. The van der Waals surface area contributed by atoms with Crippen LogP contribution in [-0.2, 0) is 9.53 Å². The molecule has 0 rings (SSSR count). The summed E-state index contributed by atoms with van der Waals surface area (Å²) in [6.45, 7) is 4.26. The van der Waals surface area contributed by atoms with Crippen molar-refractivity contribution >= 4 is 20.4 Å². The monoisotopic (exact) mass is 278 g/mol. The Balaban J connectivity index is 3.32. The Kier molecular flexibility index (Phi) is 10.2. The van der Waals surface area contributed by atoms with Gasteiger partial charge in [-0.1, -0.05) is 6.58 Å². The molecule has 104 valence electrons. The fourth-order valence-electron chi connectivity index (χ4n) is 0.991. The lowest BCUT2D eigenvalue weighted by atomic mass is 10.4. The van der Waals surface area contributed by atoms with Crippen LogP contribution < -0.4 is 10.6 Å². The van der Waals surface area contributed by atoms with Crippen molar-refractivity contribution in [2.24, 2.45) is 0 Å². The van der Waals surface area contributed by atoms with Crippen molar-refractivity contribution < 1.29 is 24.1 Å². The number of hydrogen-bond acceptors (Lipinski definition) is 5. The number of urea groups is 1. The van der Waals surface area contributed by atoms with Crippen LogP contribution in [-0.4, -0.2) is 47.6 Å². The normalized spacial score (nSPS) is 9.94. The van der Waals surface area contributed by atoms with E-state index in [1.807, 2.05) is 0 Å². The number of esters is 1. The zero-order valence-electron chi connectivity index (χ0n) is 10.1. The standard InChI is InChI=1S/C10H19N2O5P/c1-2-9(13)17-7-3-5-11-10(14)12-6-4-8-18(15)16/h2,15-16H,1,3-8H2,(H2,11,12,14). The van der Waals surface area contributed by atoms with Crippen LogP contribution in [0.3, 0.4) is 0 Å². The molecule has 0 heterocycles. The average Bonchev–Trinajstić information content (AvgIpc) is 2.33. The van der Waals surface area contributed by atoms with Crippen molar-refractivity contribution in [1.82, 2.24) is 10.6 Å². The topological polar surface area (TPSA) is 108 Å². The average molecular weight is 278 g/mol. The highest BCUT2D eigenvalue weighted by molar-refractivity contribution is 7.45. The Morgan fingerprint density at radius 2 is 1.83 bits per heavy atom. The van der Waals surface area contributed by atoms with Gasteiger partial charge in [-0.2, -0.15) is 0 Å². The van der Waals surface area contributed by atoms with E-state index in [9.17, 15) is 9.59 Å². The van der Waals surface area contributed by atoms with Crippen molar-refractivity contribution in [3.63, 3.8) is 0 Å². The van der Waals surface area contributed by atoms with Crippen LogP contribution in [0.25, 0.3) is 0 Å². The summed E-state index contributed by atoms with van der Waals surface area (Å²) in [5.41, 5.74) is 0. The summed E-state index contributed by atoms with van der Waals surface area (Å²) < 4.78 is 4.72. The number of amides is 2. The Labute approximate surface area is 107 Å². The molecule has 0 aliphatic heterocycles. The van der Waals surface area contributed by atoms with Crippen LogP contribution >= 0.6 is 8.38 Å². The second-order valence-electron chi connectivity index (χ2n) is 3.36. The van der Waals surface area contributed by atoms with Crippen molar-refractivity contribution in [2.45, 2.75) is 12.8 Å². The molecule has 7 nitrogen and oxygen atoms in total. The molecular formula is C10H19N2O5P. The Morgan fingerprint density at radius 3 is 2.39 bits per heavy atom. The molecule has 18 heavy (non-hydrogen) atoms. The minimum Gasteiger partial charge on any atom is -0.462 e. The summed E-state index contributed by atoms with van der Waals surface area (Å²) >= 11 is 0. The summed E-state index contributed by atoms with van der Waals surface area (Å²) in [6.07, 6.45) is 2.40. The third kappa shape index (κ3) is 11.3. The largest absolute Gasteiger partial charge is 0.462 e. The van der Waals surface area contributed by atoms with E-state index in [1.165, 1.54) is 0 Å². The number of carbonyl (C=O) groups excluding carboxylic acids is 2. The maximum Gasteiger partial charge on any atom is 0.330 e. The van der Waals surface area contributed by atoms with Gasteiger partial charge >= 0.3 is 12.0 Å². The van der Waals surface area contributed by atoms with E-state index in [4.69, 9.17) is 14.5 Å². The minimum absolute atomic E-state index is 0.227. The van der Waals surface area contributed by atoms with Gasteiger partial charge < -0.3 is 25.2 Å². The number of carbonyl (C=O) groups is 2. The van der Waals surface area contributed by atoms with E-state index in [0.29, 0.717) is 25.9 Å². The molecule has 0 radical (unpaired) electrons. The minimum atomic E-state index is -1.88. The zero-order valence-corrected chi connectivity index (χ0v) is 11.0. The molecule has 0 aliphatic rings. The van der Waals surface area contributed by atoms with E-state index >= 15 is 0 Å². The predicted octanol–water partition coefficient (Wildman–Crippen LogP) is 0.0915. The number of hydrogen-bond donors (Lipinski definition) is 4. The summed E-state index contributed by atoms with van der Waals surface area (Å²) in [4.78, 5) is 39.1. The summed E-state index contributed by atoms with van der Waals surface area (Å²) in [5, 5.41) is 5.14. The third-order valence-corrected chi connectivity index (χ3v) is 2.55. The first-order chi connectivity index (χ1) is 8.56. The second kappa shape index (κ2) is 11.0. The molecule has 0 saturated carbocycles. The van der Waals surface area contributed by atoms with Crippen LogP contribution in [0.2, 0.25) is 0 Å². The molecule has 0 aliphatic carbocycles. The summed E-state index contributed by atoms with van der Waals surface area (Å²) in [6, 6.07) is -0.328. The first-order valence-corrected chi connectivity index (χ1v) is 6.95. The van der Waals surface area contributed by atoms with E-state index in [2.05, 4.69) is 17.2 Å². The lowest BCUT2D eigenvalue weighted by Gasteiger charge is -2.07. The first-order valence-electron chi connectivity index (χ1n) is 5.52. The maximum atomic E-state index is 11.2.